The molecule has 0 bridgehead atoms. The molecule has 0 saturated heterocycles. The van der Waals surface area contributed by atoms with Gasteiger partial charge in [-0.1, -0.05) is 6.92 Å². The monoisotopic (exact) mass is 305 g/mol. The Morgan fingerprint density at radius 3 is 2.95 bits per heavy atom. The number of carboxylic acid groups (broad SMARTS) is 1. The summed E-state index contributed by atoms with van der Waals surface area (Å²) in [4.78, 5) is 21.1. The van der Waals surface area contributed by atoms with Gasteiger partial charge in [-0.15, -0.1) is 11.3 Å². The molecule has 3 rings (SSSR count). The number of hydrogen-bond acceptors (Lipinski definition) is 5. The fourth-order valence-corrected chi connectivity index (χ4v) is 3.70. The quantitative estimate of drug-likeness (QED) is 0.905. The number of carboxylic acids is 1. The average molecular weight is 305 g/mol. The lowest BCUT2D eigenvalue weighted by atomic mass is 9.71. The van der Waals surface area contributed by atoms with Gasteiger partial charge in [-0.3, -0.25) is 4.79 Å². The van der Waals surface area contributed by atoms with Gasteiger partial charge in [0.15, 0.2) is 0 Å². The van der Waals surface area contributed by atoms with Crippen molar-refractivity contribution < 1.29 is 9.90 Å². The molecule has 2 heterocycles. The van der Waals surface area contributed by atoms with Crippen molar-refractivity contribution in [2.24, 2.45) is 11.3 Å². The van der Waals surface area contributed by atoms with E-state index in [2.05, 4.69) is 22.2 Å². The van der Waals surface area contributed by atoms with Gasteiger partial charge in [0.2, 0.25) is 0 Å². The molecule has 112 valence electrons. The summed E-state index contributed by atoms with van der Waals surface area (Å²) in [6.07, 6.45) is 4.94. The number of nitrogens with one attached hydrogen (secondary N) is 1. The number of nitrogens with zero attached hydrogens (tertiary/aromatic N) is 2. The van der Waals surface area contributed by atoms with E-state index in [1.807, 2.05) is 11.4 Å². The first-order valence-electron chi connectivity index (χ1n) is 7.26. The van der Waals surface area contributed by atoms with Gasteiger partial charge in [-0.2, -0.15) is 0 Å². The van der Waals surface area contributed by atoms with Crippen molar-refractivity contribution in [1.29, 1.82) is 0 Å². The van der Waals surface area contributed by atoms with Crippen molar-refractivity contribution >= 4 is 33.3 Å². The topological polar surface area (TPSA) is 75.1 Å². The standard InChI is InChI=1S/C15H19N3O2S/c1-10-2-5-15(6-3-10,14(19)20)8-16-12-11-4-7-21-13(11)18-9-17-12/h4,7,9-10H,2-3,5-6,8H2,1H3,(H,19,20)(H,16,17,18). The van der Waals surface area contributed by atoms with E-state index in [1.165, 1.54) is 6.33 Å². The third kappa shape index (κ3) is 2.72. The summed E-state index contributed by atoms with van der Waals surface area (Å²) >= 11 is 1.56. The van der Waals surface area contributed by atoms with Gasteiger partial charge in [0.25, 0.3) is 0 Å². The molecule has 1 aliphatic rings. The molecule has 2 aromatic rings. The Balaban J connectivity index is 1.78. The Labute approximate surface area is 127 Å². The Bertz CT molecular complexity index is 647. The van der Waals surface area contributed by atoms with Crippen LogP contribution < -0.4 is 5.32 Å². The second-order valence-corrected chi connectivity index (χ2v) is 6.88. The maximum atomic E-state index is 11.7. The van der Waals surface area contributed by atoms with Crippen LogP contribution in [0.1, 0.15) is 32.6 Å². The number of aliphatic carboxylic acids is 1. The van der Waals surface area contributed by atoms with E-state index >= 15 is 0 Å². The highest BCUT2D eigenvalue weighted by Gasteiger charge is 2.41. The van der Waals surface area contributed by atoms with Crippen LogP contribution in [-0.2, 0) is 4.79 Å². The van der Waals surface area contributed by atoms with Gasteiger partial charge in [0.1, 0.15) is 17.0 Å². The highest BCUT2D eigenvalue weighted by atomic mass is 32.1. The van der Waals surface area contributed by atoms with Crippen molar-refractivity contribution in [3.8, 4) is 0 Å². The Morgan fingerprint density at radius 1 is 1.48 bits per heavy atom. The highest BCUT2D eigenvalue weighted by Crippen LogP contribution is 2.39. The first-order chi connectivity index (χ1) is 10.1. The minimum absolute atomic E-state index is 0.428. The third-order valence-electron chi connectivity index (χ3n) is 4.54. The number of aromatic nitrogens is 2. The fourth-order valence-electron chi connectivity index (χ4n) is 2.96. The maximum Gasteiger partial charge on any atom is 0.311 e. The van der Waals surface area contributed by atoms with Gasteiger partial charge in [0, 0.05) is 6.54 Å². The second kappa shape index (κ2) is 5.60. The smallest absolute Gasteiger partial charge is 0.311 e. The van der Waals surface area contributed by atoms with Crippen LogP contribution in [0.4, 0.5) is 5.82 Å². The highest BCUT2D eigenvalue weighted by molar-refractivity contribution is 7.16. The summed E-state index contributed by atoms with van der Waals surface area (Å²) in [5.41, 5.74) is -0.667. The molecule has 2 N–H and O–H groups in total. The fraction of sp³-hybridized carbons (Fsp3) is 0.533. The Morgan fingerprint density at radius 2 is 2.24 bits per heavy atom. The molecular weight excluding hydrogens is 286 g/mol. The number of carbonyl (C=O) groups is 1. The van der Waals surface area contributed by atoms with Crippen molar-refractivity contribution in [2.45, 2.75) is 32.6 Å². The van der Waals surface area contributed by atoms with E-state index in [9.17, 15) is 9.90 Å². The largest absolute Gasteiger partial charge is 0.481 e. The van der Waals surface area contributed by atoms with Crippen LogP contribution in [0.25, 0.3) is 10.2 Å². The summed E-state index contributed by atoms with van der Waals surface area (Å²) in [5, 5.41) is 15.8. The molecule has 0 amide bonds. The predicted molar refractivity (Wildman–Crippen MR) is 83.6 cm³/mol. The van der Waals surface area contributed by atoms with Crippen molar-refractivity contribution in [3.63, 3.8) is 0 Å². The predicted octanol–water partition coefficient (Wildman–Crippen LogP) is 3.38. The van der Waals surface area contributed by atoms with E-state index in [-0.39, 0.29) is 0 Å². The zero-order valence-electron chi connectivity index (χ0n) is 12.0. The molecule has 21 heavy (non-hydrogen) atoms. The number of rotatable bonds is 4. The summed E-state index contributed by atoms with van der Waals surface area (Å²) < 4.78 is 0. The molecule has 2 aromatic heterocycles. The third-order valence-corrected chi connectivity index (χ3v) is 5.36. The molecule has 1 aliphatic carbocycles. The Hall–Kier alpha value is -1.69. The van der Waals surface area contributed by atoms with Gasteiger partial charge in [-0.05, 0) is 43.0 Å². The van der Waals surface area contributed by atoms with E-state index in [1.54, 1.807) is 11.3 Å². The Kier molecular flexibility index (Phi) is 3.80. The summed E-state index contributed by atoms with van der Waals surface area (Å²) in [7, 11) is 0. The molecule has 0 unspecified atom stereocenters. The van der Waals surface area contributed by atoms with Crippen LogP contribution in [0, 0.1) is 11.3 Å². The molecule has 0 aromatic carbocycles. The summed E-state index contributed by atoms with van der Waals surface area (Å²) in [6, 6.07) is 1.97. The molecule has 0 radical (unpaired) electrons. The van der Waals surface area contributed by atoms with Crippen LogP contribution in [0.2, 0.25) is 0 Å². The minimum Gasteiger partial charge on any atom is -0.481 e. The van der Waals surface area contributed by atoms with Crippen LogP contribution >= 0.6 is 11.3 Å². The van der Waals surface area contributed by atoms with Gasteiger partial charge >= 0.3 is 5.97 Å². The molecule has 0 spiro atoms. The van der Waals surface area contributed by atoms with Crippen LogP contribution in [0.15, 0.2) is 17.8 Å². The average Bonchev–Trinajstić information content (AvgIpc) is 2.96. The van der Waals surface area contributed by atoms with Crippen molar-refractivity contribution in [2.75, 3.05) is 11.9 Å². The molecule has 0 atom stereocenters. The van der Waals surface area contributed by atoms with Gasteiger partial charge < -0.3 is 10.4 Å². The molecule has 5 nitrogen and oxygen atoms in total. The second-order valence-electron chi connectivity index (χ2n) is 5.98. The summed E-state index contributed by atoms with van der Waals surface area (Å²) in [6.45, 7) is 2.62. The van der Waals surface area contributed by atoms with Crippen LogP contribution in [-0.4, -0.2) is 27.6 Å². The molecular formula is C15H19N3O2S. The molecule has 0 aliphatic heterocycles. The van der Waals surface area contributed by atoms with E-state index in [4.69, 9.17) is 0 Å². The first-order valence-corrected chi connectivity index (χ1v) is 8.14. The lowest BCUT2D eigenvalue weighted by Gasteiger charge is -2.36. The van der Waals surface area contributed by atoms with Crippen LogP contribution in [0.5, 0.6) is 0 Å². The lowest BCUT2D eigenvalue weighted by molar-refractivity contribution is -0.150. The molecule has 1 saturated carbocycles. The van der Waals surface area contributed by atoms with Crippen LogP contribution in [0.3, 0.4) is 0 Å². The number of hydrogen-bond donors (Lipinski definition) is 2. The zero-order valence-corrected chi connectivity index (χ0v) is 12.8. The maximum absolute atomic E-state index is 11.7. The minimum atomic E-state index is -0.697. The summed E-state index contributed by atoms with van der Waals surface area (Å²) in [5.74, 6) is 0.665. The van der Waals surface area contributed by atoms with Gasteiger partial charge in [0.05, 0.1) is 10.8 Å². The number of thiophene rings is 1. The normalized spacial score (nSPS) is 25.9. The lowest BCUT2D eigenvalue weighted by Crippen LogP contribution is -2.41. The number of anilines is 1. The number of fused-ring (bicyclic) bond motifs is 1. The molecule has 6 heteroatoms. The molecule has 1 fully saturated rings. The van der Waals surface area contributed by atoms with E-state index in [0.29, 0.717) is 12.5 Å². The SMILES string of the molecule is CC1CCC(CNc2ncnc3sccc23)(C(=O)O)CC1. The first kappa shape index (κ1) is 14.3. The van der Waals surface area contributed by atoms with Gasteiger partial charge in [-0.25, -0.2) is 9.97 Å². The van der Waals surface area contributed by atoms with E-state index in [0.717, 1.165) is 41.7 Å². The van der Waals surface area contributed by atoms with E-state index < -0.39 is 11.4 Å². The van der Waals surface area contributed by atoms with Crippen molar-refractivity contribution in [1.82, 2.24) is 9.97 Å². The van der Waals surface area contributed by atoms with Crippen molar-refractivity contribution in [3.05, 3.63) is 17.8 Å². The zero-order chi connectivity index (χ0) is 14.9.